The van der Waals surface area contributed by atoms with Gasteiger partial charge in [0.2, 0.25) is 0 Å². The maximum Gasteiger partial charge on any atom is 0.182 e. The summed E-state index contributed by atoms with van der Waals surface area (Å²) >= 11 is 0. The highest BCUT2D eigenvalue weighted by Gasteiger charge is 2.44. The first-order valence-corrected chi connectivity index (χ1v) is 18.4. The number of rotatable bonds is 6. The molecule has 0 aliphatic carbocycles. The minimum Gasteiger partial charge on any atom is -0.309 e. The van der Waals surface area contributed by atoms with Crippen molar-refractivity contribution < 1.29 is 0 Å². The van der Waals surface area contributed by atoms with Crippen LogP contribution in [0.15, 0.2) is 170 Å². The van der Waals surface area contributed by atoms with E-state index in [1.54, 1.807) is 0 Å². The van der Waals surface area contributed by atoms with Gasteiger partial charge < -0.3 is 4.57 Å². The second-order valence-corrected chi connectivity index (χ2v) is 16.0. The van der Waals surface area contributed by atoms with Gasteiger partial charge in [0.15, 0.2) is 8.07 Å². The molecule has 0 unspecified atom stereocenters. The highest BCUT2D eigenvalue weighted by atomic mass is 28.3. The van der Waals surface area contributed by atoms with Crippen LogP contribution in [0.5, 0.6) is 0 Å². The molecule has 4 nitrogen and oxygen atoms in total. The summed E-state index contributed by atoms with van der Waals surface area (Å²) in [5.41, 5.74) is 6.40. The molecule has 50 heavy (non-hydrogen) atoms. The summed E-state index contributed by atoms with van der Waals surface area (Å²) in [5, 5.41) is 37.5. The molecule has 0 spiro atoms. The fourth-order valence-corrected chi connectivity index (χ4v) is 12.5. The number of hydrogen-bond donors (Lipinski definition) is 0. The molecule has 0 aliphatic rings. The van der Waals surface area contributed by atoms with Crippen molar-refractivity contribution in [3.05, 3.63) is 187 Å². The highest BCUT2D eigenvalue weighted by molar-refractivity contribution is 7.20. The van der Waals surface area contributed by atoms with Gasteiger partial charge in [-0.2, -0.15) is 15.8 Å². The van der Waals surface area contributed by atoms with E-state index in [0.29, 0.717) is 16.7 Å². The fourth-order valence-electron chi connectivity index (χ4n) is 7.51. The number of hydrogen-bond acceptors (Lipinski definition) is 3. The molecule has 8 rings (SSSR count). The van der Waals surface area contributed by atoms with Crippen molar-refractivity contribution in [3.63, 3.8) is 0 Å². The molecule has 0 N–H and O–H groups in total. The Labute approximate surface area is 291 Å². The summed E-state index contributed by atoms with van der Waals surface area (Å²) in [4.78, 5) is 0. The van der Waals surface area contributed by atoms with Crippen LogP contribution in [0.2, 0.25) is 0 Å². The van der Waals surface area contributed by atoms with Gasteiger partial charge in [0, 0.05) is 16.5 Å². The molecule has 0 fully saturated rings. The number of nitriles is 3. The zero-order valence-corrected chi connectivity index (χ0v) is 28.0. The van der Waals surface area contributed by atoms with Crippen LogP contribution in [0, 0.1) is 34.0 Å². The van der Waals surface area contributed by atoms with E-state index in [0.717, 1.165) is 59.4 Å². The van der Waals surface area contributed by atoms with Crippen molar-refractivity contribution in [2.24, 2.45) is 0 Å². The van der Waals surface area contributed by atoms with E-state index in [2.05, 4.69) is 83.4 Å². The van der Waals surface area contributed by atoms with Crippen molar-refractivity contribution in [2.45, 2.75) is 0 Å². The maximum absolute atomic E-state index is 10.9. The normalized spacial score (nSPS) is 11.1. The third-order valence-electron chi connectivity index (χ3n) is 9.64. The van der Waals surface area contributed by atoms with Crippen molar-refractivity contribution >= 4 is 50.6 Å². The average molecular weight is 653 g/mol. The van der Waals surface area contributed by atoms with E-state index in [1.807, 2.05) is 109 Å². The van der Waals surface area contributed by atoms with Crippen LogP contribution in [-0.4, -0.2) is 12.6 Å². The van der Waals surface area contributed by atoms with E-state index >= 15 is 0 Å². The van der Waals surface area contributed by atoms with E-state index in [1.165, 1.54) is 0 Å². The zero-order valence-electron chi connectivity index (χ0n) is 27.0. The molecule has 0 saturated heterocycles. The molecule has 7 aromatic carbocycles. The number of aromatic nitrogens is 1. The smallest absolute Gasteiger partial charge is 0.182 e. The third-order valence-corrected chi connectivity index (χ3v) is 14.5. The molecule has 0 amide bonds. The molecular formula is C45H28N4Si. The average Bonchev–Trinajstić information content (AvgIpc) is 3.53. The maximum atomic E-state index is 10.9. The lowest BCUT2D eigenvalue weighted by atomic mass is 10.00. The van der Waals surface area contributed by atoms with Gasteiger partial charge in [0.25, 0.3) is 0 Å². The molecule has 8 aromatic rings. The summed E-state index contributed by atoms with van der Waals surface area (Å²) in [5.74, 6) is 0. The quantitative estimate of drug-likeness (QED) is 0.138. The van der Waals surface area contributed by atoms with E-state index in [9.17, 15) is 15.8 Å². The molecule has 0 saturated carbocycles. The van der Waals surface area contributed by atoms with Crippen LogP contribution in [0.1, 0.15) is 16.7 Å². The van der Waals surface area contributed by atoms with Gasteiger partial charge in [-0.15, -0.1) is 0 Å². The Hall–Kier alpha value is -6.97. The summed E-state index contributed by atoms with van der Waals surface area (Å²) in [6, 6.07) is 64.5. The van der Waals surface area contributed by atoms with Gasteiger partial charge in [-0.1, -0.05) is 121 Å². The zero-order chi connectivity index (χ0) is 34.1. The summed E-state index contributed by atoms with van der Waals surface area (Å²) in [6.45, 7) is 0. The van der Waals surface area contributed by atoms with Crippen molar-refractivity contribution in [1.82, 2.24) is 4.57 Å². The third kappa shape index (κ3) is 4.80. The SMILES string of the molecule is N#Cc1ccc2c(c1)c1ccccc1n2-c1ccc(-c2cc(C#N)c([Si](c3ccccc3)(c3ccccc3)c3ccccc3)c(C#N)c2)cc1. The van der Waals surface area contributed by atoms with Gasteiger partial charge in [-0.3, -0.25) is 0 Å². The molecule has 232 valence electrons. The van der Waals surface area contributed by atoms with Crippen LogP contribution < -0.4 is 20.7 Å². The standard InChI is InChI=1S/C45H28N4Si/c46-29-32-20-25-44-42(26-32)41-18-10-11-19-43(41)49(44)37-23-21-33(22-24-37)34-27-35(30-47)45(36(28-34)31-48)50(38-12-4-1-5-13-38,39-14-6-2-7-15-39)40-16-8-3-9-17-40/h1-28H. The van der Waals surface area contributed by atoms with Crippen molar-refractivity contribution in [3.8, 4) is 35.0 Å². The lowest BCUT2D eigenvalue weighted by molar-refractivity contribution is 1.18. The Kier molecular flexibility index (Phi) is 7.63. The predicted octanol–water partition coefficient (Wildman–Crippen LogP) is 7.44. The molecule has 0 bridgehead atoms. The number of para-hydroxylation sites is 1. The lowest BCUT2D eigenvalue weighted by Crippen LogP contribution is -2.75. The van der Waals surface area contributed by atoms with Crippen LogP contribution in [0.3, 0.4) is 0 Å². The Morgan fingerprint density at radius 3 is 1.44 bits per heavy atom. The second-order valence-electron chi connectivity index (χ2n) is 12.3. The second kappa shape index (κ2) is 12.6. The van der Waals surface area contributed by atoms with Gasteiger partial charge in [0.1, 0.15) is 0 Å². The van der Waals surface area contributed by atoms with Crippen LogP contribution in [0.25, 0.3) is 38.6 Å². The van der Waals surface area contributed by atoms with E-state index in [-0.39, 0.29) is 0 Å². The summed E-state index contributed by atoms with van der Waals surface area (Å²) in [6.07, 6.45) is 0. The van der Waals surface area contributed by atoms with Crippen LogP contribution >= 0.6 is 0 Å². The Balaban J connectivity index is 1.32. The molecule has 0 atom stereocenters. The largest absolute Gasteiger partial charge is 0.309 e. The number of fused-ring (bicyclic) bond motifs is 3. The number of nitrogens with zero attached hydrogens (tertiary/aromatic N) is 4. The van der Waals surface area contributed by atoms with Crippen LogP contribution in [-0.2, 0) is 0 Å². The topological polar surface area (TPSA) is 76.3 Å². The first-order valence-electron chi connectivity index (χ1n) is 16.4. The molecule has 0 radical (unpaired) electrons. The molecule has 1 heterocycles. The fraction of sp³-hybridized carbons (Fsp3) is 0. The Morgan fingerprint density at radius 2 is 0.920 bits per heavy atom. The van der Waals surface area contributed by atoms with E-state index < -0.39 is 8.07 Å². The van der Waals surface area contributed by atoms with Gasteiger partial charge in [-0.05, 0) is 80.4 Å². The van der Waals surface area contributed by atoms with Crippen LogP contribution in [0.4, 0.5) is 0 Å². The first kappa shape index (κ1) is 30.4. The highest BCUT2D eigenvalue weighted by Crippen LogP contribution is 2.33. The molecule has 5 heteroatoms. The number of benzene rings is 7. The summed E-state index contributed by atoms with van der Waals surface area (Å²) < 4.78 is 2.21. The summed E-state index contributed by atoms with van der Waals surface area (Å²) in [7, 11) is -3.13. The minimum absolute atomic E-state index is 0.502. The molecule has 0 aliphatic heterocycles. The minimum atomic E-state index is -3.13. The van der Waals surface area contributed by atoms with E-state index in [4.69, 9.17) is 0 Å². The van der Waals surface area contributed by atoms with Gasteiger partial charge >= 0.3 is 0 Å². The van der Waals surface area contributed by atoms with Gasteiger partial charge in [0.05, 0.1) is 45.9 Å². The lowest BCUT2D eigenvalue weighted by Gasteiger charge is -2.35. The molecule has 1 aromatic heterocycles. The predicted molar refractivity (Wildman–Crippen MR) is 204 cm³/mol. The Morgan fingerprint density at radius 1 is 0.420 bits per heavy atom. The Bertz CT molecular complexity index is 2530. The van der Waals surface area contributed by atoms with Crippen molar-refractivity contribution in [2.75, 3.05) is 0 Å². The molecular weight excluding hydrogens is 625 g/mol. The first-order chi connectivity index (χ1) is 24.7. The monoisotopic (exact) mass is 652 g/mol. The van der Waals surface area contributed by atoms with Crippen molar-refractivity contribution in [1.29, 1.82) is 15.8 Å². The van der Waals surface area contributed by atoms with Gasteiger partial charge in [-0.25, -0.2) is 0 Å².